The van der Waals surface area contributed by atoms with E-state index in [4.69, 9.17) is 5.11 Å². The van der Waals surface area contributed by atoms with Crippen LogP contribution in [-0.4, -0.2) is 17.3 Å². The maximum Gasteiger partial charge on any atom is 0.404 e. The molecular weight excluding hydrogens is 219 g/mol. The average Bonchev–Trinajstić information content (AvgIpc) is 2.26. The van der Waals surface area contributed by atoms with Gasteiger partial charge in [0.1, 0.15) is 6.04 Å². The highest BCUT2D eigenvalue weighted by Gasteiger charge is 2.41. The van der Waals surface area contributed by atoms with Crippen molar-refractivity contribution in [3.8, 4) is 0 Å². The first-order valence-corrected chi connectivity index (χ1v) is 5.02. The highest BCUT2D eigenvalue weighted by Crippen LogP contribution is 2.28. The summed E-state index contributed by atoms with van der Waals surface area (Å²) < 4.78 is 37.4. The van der Waals surface area contributed by atoms with Crippen LogP contribution in [0.25, 0.3) is 0 Å². The van der Waals surface area contributed by atoms with Crippen molar-refractivity contribution >= 4 is 0 Å². The summed E-state index contributed by atoms with van der Waals surface area (Å²) in [6.45, 7) is 0.114. The molecule has 0 saturated carbocycles. The Bertz CT molecular complexity index is 389. The van der Waals surface area contributed by atoms with Gasteiger partial charge in [-0.2, -0.15) is 13.2 Å². The molecule has 2 rings (SSSR count). The van der Waals surface area contributed by atoms with E-state index >= 15 is 0 Å². The van der Waals surface area contributed by atoms with E-state index in [0.29, 0.717) is 5.56 Å². The summed E-state index contributed by atoms with van der Waals surface area (Å²) in [6, 6.07) is 3.62. The van der Waals surface area contributed by atoms with Crippen LogP contribution in [0.1, 0.15) is 16.7 Å². The number of halogens is 3. The van der Waals surface area contributed by atoms with E-state index < -0.39 is 12.2 Å². The Hall–Kier alpha value is -1.07. The van der Waals surface area contributed by atoms with Crippen molar-refractivity contribution in [1.82, 2.24) is 5.32 Å². The monoisotopic (exact) mass is 231 g/mol. The molecule has 1 aromatic carbocycles. The Morgan fingerprint density at radius 2 is 2.06 bits per heavy atom. The van der Waals surface area contributed by atoms with Crippen molar-refractivity contribution in [3.05, 3.63) is 34.9 Å². The number of hydrogen-bond acceptors (Lipinski definition) is 2. The molecule has 0 saturated heterocycles. The molecule has 16 heavy (non-hydrogen) atoms. The maximum atomic E-state index is 12.5. The number of rotatable bonds is 1. The maximum absolute atomic E-state index is 12.5. The minimum atomic E-state index is -4.20. The molecule has 0 fully saturated rings. The zero-order chi connectivity index (χ0) is 11.8. The minimum absolute atomic E-state index is 0.0372. The van der Waals surface area contributed by atoms with Crippen LogP contribution >= 0.6 is 0 Å². The Kier molecular flexibility index (Phi) is 2.90. The van der Waals surface area contributed by atoms with E-state index in [1.807, 2.05) is 0 Å². The lowest BCUT2D eigenvalue weighted by Gasteiger charge is -2.28. The molecule has 0 aliphatic carbocycles. The van der Waals surface area contributed by atoms with Gasteiger partial charge in [0.05, 0.1) is 6.61 Å². The topological polar surface area (TPSA) is 32.3 Å². The first-order valence-electron chi connectivity index (χ1n) is 5.02. The van der Waals surface area contributed by atoms with Crippen LogP contribution in [0.4, 0.5) is 13.2 Å². The lowest BCUT2D eigenvalue weighted by molar-refractivity contribution is -0.157. The van der Waals surface area contributed by atoms with Gasteiger partial charge in [-0.3, -0.25) is 0 Å². The van der Waals surface area contributed by atoms with E-state index in [1.165, 1.54) is 0 Å². The lowest BCUT2D eigenvalue weighted by atomic mass is 9.94. The van der Waals surface area contributed by atoms with Crippen molar-refractivity contribution in [1.29, 1.82) is 0 Å². The fourth-order valence-electron chi connectivity index (χ4n) is 1.90. The van der Waals surface area contributed by atoms with Gasteiger partial charge in [-0.15, -0.1) is 0 Å². The smallest absolute Gasteiger partial charge is 0.392 e. The highest BCUT2D eigenvalue weighted by molar-refractivity contribution is 5.34. The molecule has 1 aromatic rings. The number of aliphatic hydroxyl groups is 1. The molecule has 1 heterocycles. The number of hydrogen-bond donors (Lipinski definition) is 2. The van der Waals surface area contributed by atoms with Crippen molar-refractivity contribution in [2.45, 2.75) is 31.8 Å². The second-order valence-electron chi connectivity index (χ2n) is 3.94. The summed E-state index contributed by atoms with van der Waals surface area (Å²) in [7, 11) is 0. The zero-order valence-corrected chi connectivity index (χ0v) is 8.51. The standard InChI is InChI=1S/C11H12F3NO/c12-11(13,14)10-4-8-2-1-7(6-16)3-9(8)5-15-10/h1-3,10,15-16H,4-6H2. The molecule has 1 aliphatic heterocycles. The van der Waals surface area contributed by atoms with Gasteiger partial charge in [-0.1, -0.05) is 18.2 Å². The molecule has 1 atom stereocenters. The predicted molar refractivity (Wildman–Crippen MR) is 52.8 cm³/mol. The molecule has 2 N–H and O–H groups in total. The van der Waals surface area contributed by atoms with Crippen molar-refractivity contribution in [2.75, 3.05) is 0 Å². The number of aliphatic hydroxyl groups excluding tert-OH is 1. The molecule has 1 unspecified atom stereocenters. The average molecular weight is 231 g/mol. The van der Waals surface area contributed by atoms with E-state index in [0.717, 1.165) is 11.1 Å². The van der Waals surface area contributed by atoms with Crippen LogP contribution in [0.5, 0.6) is 0 Å². The molecule has 0 spiro atoms. The molecule has 0 aromatic heterocycles. The summed E-state index contributed by atoms with van der Waals surface area (Å²) in [5, 5.41) is 11.4. The summed E-state index contributed by atoms with van der Waals surface area (Å²) in [5.41, 5.74) is 2.27. The van der Waals surface area contributed by atoms with Crippen molar-refractivity contribution in [3.63, 3.8) is 0 Å². The second-order valence-corrected chi connectivity index (χ2v) is 3.94. The van der Waals surface area contributed by atoms with E-state index in [9.17, 15) is 13.2 Å². The SMILES string of the molecule is OCc1ccc2c(c1)CNC(C(F)(F)F)C2. The van der Waals surface area contributed by atoms with Gasteiger partial charge in [-0.25, -0.2) is 0 Å². The normalized spacial score (nSPS) is 20.6. The fourth-order valence-corrected chi connectivity index (χ4v) is 1.90. The van der Waals surface area contributed by atoms with Crippen LogP contribution in [0.3, 0.4) is 0 Å². The van der Waals surface area contributed by atoms with Gasteiger partial charge in [0.2, 0.25) is 0 Å². The summed E-state index contributed by atoms with van der Waals surface area (Å²) >= 11 is 0. The van der Waals surface area contributed by atoms with Gasteiger partial charge in [0, 0.05) is 6.54 Å². The number of benzene rings is 1. The molecular formula is C11H12F3NO. The van der Waals surface area contributed by atoms with Crippen LogP contribution in [0.15, 0.2) is 18.2 Å². The number of fused-ring (bicyclic) bond motifs is 1. The molecule has 0 amide bonds. The molecule has 0 bridgehead atoms. The largest absolute Gasteiger partial charge is 0.404 e. The molecule has 0 radical (unpaired) electrons. The Morgan fingerprint density at radius 3 is 2.69 bits per heavy atom. The third-order valence-corrected chi connectivity index (χ3v) is 2.81. The summed E-state index contributed by atoms with van der Waals surface area (Å²) in [4.78, 5) is 0. The minimum Gasteiger partial charge on any atom is -0.392 e. The van der Waals surface area contributed by atoms with Crippen LogP contribution in [-0.2, 0) is 19.6 Å². The van der Waals surface area contributed by atoms with Crippen molar-refractivity contribution in [2.24, 2.45) is 0 Å². The third kappa shape index (κ3) is 2.20. The molecule has 1 aliphatic rings. The first-order chi connectivity index (χ1) is 7.50. The van der Waals surface area contributed by atoms with E-state index in [1.54, 1.807) is 18.2 Å². The highest BCUT2D eigenvalue weighted by atomic mass is 19.4. The van der Waals surface area contributed by atoms with Gasteiger partial charge >= 0.3 is 6.18 Å². The van der Waals surface area contributed by atoms with Crippen LogP contribution in [0, 0.1) is 0 Å². The zero-order valence-electron chi connectivity index (χ0n) is 8.51. The number of nitrogens with one attached hydrogen (secondary N) is 1. The third-order valence-electron chi connectivity index (χ3n) is 2.81. The fraction of sp³-hybridized carbons (Fsp3) is 0.455. The summed E-state index contributed by atoms with van der Waals surface area (Å²) in [5.74, 6) is 0. The lowest BCUT2D eigenvalue weighted by Crippen LogP contribution is -2.46. The molecule has 5 heteroatoms. The van der Waals surface area contributed by atoms with Gasteiger partial charge in [0.25, 0.3) is 0 Å². The predicted octanol–water partition coefficient (Wildman–Crippen LogP) is 1.76. The van der Waals surface area contributed by atoms with Crippen molar-refractivity contribution < 1.29 is 18.3 Å². The van der Waals surface area contributed by atoms with Gasteiger partial charge in [-0.05, 0) is 23.1 Å². The van der Waals surface area contributed by atoms with Gasteiger partial charge < -0.3 is 10.4 Å². The van der Waals surface area contributed by atoms with Crippen LogP contribution in [0.2, 0.25) is 0 Å². The molecule has 88 valence electrons. The Morgan fingerprint density at radius 1 is 1.31 bits per heavy atom. The second kappa shape index (κ2) is 4.07. The Labute approximate surface area is 91.1 Å². The summed E-state index contributed by atoms with van der Waals surface area (Å²) in [6.07, 6.45) is -4.24. The number of alkyl halides is 3. The van der Waals surface area contributed by atoms with Gasteiger partial charge in [0.15, 0.2) is 0 Å². The van der Waals surface area contributed by atoms with E-state index in [2.05, 4.69) is 5.32 Å². The molecule has 2 nitrogen and oxygen atoms in total. The quantitative estimate of drug-likeness (QED) is 0.771. The van der Waals surface area contributed by atoms with E-state index in [-0.39, 0.29) is 19.6 Å². The van der Waals surface area contributed by atoms with Crippen LogP contribution < -0.4 is 5.32 Å². The first kappa shape index (κ1) is 11.4. The Balaban J connectivity index is 2.22.